The van der Waals surface area contributed by atoms with Crippen molar-refractivity contribution in [3.63, 3.8) is 0 Å². The maximum absolute atomic E-state index is 12.8. The van der Waals surface area contributed by atoms with Crippen LogP contribution in [0.1, 0.15) is 16.1 Å². The van der Waals surface area contributed by atoms with Gasteiger partial charge in [0.1, 0.15) is 16.5 Å². The fourth-order valence-corrected chi connectivity index (χ4v) is 4.19. The second-order valence-corrected chi connectivity index (χ2v) is 8.63. The average molecular weight is 496 g/mol. The Morgan fingerprint density at radius 1 is 0.972 bits per heavy atom. The molecule has 0 saturated heterocycles. The van der Waals surface area contributed by atoms with Gasteiger partial charge >= 0.3 is 0 Å². The van der Waals surface area contributed by atoms with Crippen LogP contribution in [-0.4, -0.2) is 37.9 Å². The average Bonchev–Trinajstić information content (AvgIpc) is 3.42. The highest BCUT2D eigenvalue weighted by Gasteiger charge is 2.13. The number of nitrogens with zero attached hydrogens (tertiary/aromatic N) is 5. The minimum absolute atomic E-state index is 0.292. The van der Waals surface area contributed by atoms with E-state index in [1.165, 1.54) is 11.3 Å². The number of rotatable bonds is 7. The van der Waals surface area contributed by atoms with Gasteiger partial charge in [-0.1, -0.05) is 6.07 Å². The molecule has 0 aliphatic rings. The Kier molecular flexibility index (Phi) is 6.59. The van der Waals surface area contributed by atoms with Gasteiger partial charge in [-0.25, -0.2) is 15.0 Å². The van der Waals surface area contributed by atoms with Crippen LogP contribution >= 0.6 is 11.3 Å². The maximum atomic E-state index is 12.8. The highest BCUT2D eigenvalue weighted by atomic mass is 32.1. The molecule has 0 aliphatic carbocycles. The summed E-state index contributed by atoms with van der Waals surface area (Å²) in [5.41, 5.74) is 5.09. The highest BCUT2D eigenvalue weighted by molar-refractivity contribution is 7.13. The van der Waals surface area contributed by atoms with E-state index in [1.54, 1.807) is 49.5 Å². The Balaban J connectivity index is 1.33. The van der Waals surface area contributed by atoms with Gasteiger partial charge < -0.3 is 15.4 Å². The molecule has 5 rings (SSSR count). The zero-order valence-corrected chi connectivity index (χ0v) is 20.3. The quantitative estimate of drug-likeness (QED) is 0.310. The normalized spacial score (nSPS) is 10.6. The number of thiazole rings is 1. The zero-order chi connectivity index (χ0) is 24.9. The predicted octanol–water partition coefficient (Wildman–Crippen LogP) is 5.37. The van der Waals surface area contributed by atoms with Crippen LogP contribution in [-0.2, 0) is 0 Å². The molecule has 5 aromatic rings. The molecule has 178 valence electrons. The second kappa shape index (κ2) is 10.3. The third-order valence-corrected chi connectivity index (χ3v) is 6.18. The molecule has 4 aromatic heterocycles. The van der Waals surface area contributed by atoms with Crippen molar-refractivity contribution in [1.82, 2.24) is 24.9 Å². The number of hydrogen-bond acceptors (Lipinski definition) is 9. The van der Waals surface area contributed by atoms with Crippen LogP contribution in [0.3, 0.4) is 0 Å². The summed E-state index contributed by atoms with van der Waals surface area (Å²) in [4.78, 5) is 34.5. The first-order chi connectivity index (χ1) is 17.6. The molecule has 1 amide bonds. The summed E-state index contributed by atoms with van der Waals surface area (Å²) in [7, 11) is 1.59. The molecule has 10 heteroatoms. The van der Waals surface area contributed by atoms with E-state index in [4.69, 9.17) is 4.74 Å². The molecule has 4 heterocycles. The fraction of sp³-hybridized carbons (Fsp3) is 0.0769. The molecule has 1 aromatic carbocycles. The Morgan fingerprint density at radius 3 is 2.69 bits per heavy atom. The van der Waals surface area contributed by atoms with Crippen molar-refractivity contribution in [2.45, 2.75) is 6.92 Å². The van der Waals surface area contributed by atoms with Crippen LogP contribution in [0.5, 0.6) is 5.75 Å². The predicted molar refractivity (Wildman–Crippen MR) is 140 cm³/mol. The van der Waals surface area contributed by atoms with E-state index in [0.29, 0.717) is 28.8 Å². The summed E-state index contributed by atoms with van der Waals surface area (Å²) in [6.07, 6.45) is 8.45. The summed E-state index contributed by atoms with van der Waals surface area (Å²) in [5, 5.41) is 8.63. The van der Waals surface area contributed by atoms with Crippen molar-refractivity contribution in [2.24, 2.45) is 0 Å². The van der Waals surface area contributed by atoms with Crippen molar-refractivity contribution in [3.05, 3.63) is 90.1 Å². The largest absolute Gasteiger partial charge is 0.495 e. The maximum Gasteiger partial charge on any atom is 0.275 e. The number of hydrogen-bond donors (Lipinski definition) is 2. The monoisotopic (exact) mass is 495 g/mol. The van der Waals surface area contributed by atoms with E-state index >= 15 is 0 Å². The molecular weight excluding hydrogens is 474 g/mol. The number of carbonyl (C=O) groups is 1. The fourth-order valence-electron chi connectivity index (χ4n) is 3.40. The van der Waals surface area contributed by atoms with Gasteiger partial charge in [-0.15, -0.1) is 11.3 Å². The van der Waals surface area contributed by atoms with Crippen molar-refractivity contribution in [3.8, 4) is 27.6 Å². The number of ether oxygens (including phenoxy) is 1. The van der Waals surface area contributed by atoms with Crippen molar-refractivity contribution >= 4 is 34.6 Å². The van der Waals surface area contributed by atoms with Gasteiger partial charge in [0, 0.05) is 52.7 Å². The second-order valence-electron chi connectivity index (χ2n) is 7.77. The van der Waals surface area contributed by atoms with Gasteiger partial charge in [-0.05, 0) is 48.9 Å². The van der Waals surface area contributed by atoms with E-state index in [1.807, 2.05) is 43.3 Å². The van der Waals surface area contributed by atoms with E-state index in [-0.39, 0.29) is 5.91 Å². The number of pyridine rings is 2. The van der Waals surface area contributed by atoms with Crippen LogP contribution in [0, 0.1) is 6.92 Å². The SMILES string of the molecule is COc1cncc(-c2ccnc(Nc3cc(NC(=O)c4csc(-c5cccnc5)n4)ccc3C)n2)c1. The molecule has 0 bridgehead atoms. The molecule has 0 aliphatic heterocycles. The lowest BCUT2D eigenvalue weighted by Gasteiger charge is -2.12. The molecule has 36 heavy (non-hydrogen) atoms. The lowest BCUT2D eigenvalue weighted by molar-refractivity contribution is 0.102. The lowest BCUT2D eigenvalue weighted by Crippen LogP contribution is -2.12. The number of amides is 1. The molecule has 0 fully saturated rings. The van der Waals surface area contributed by atoms with Gasteiger partial charge in [0.2, 0.25) is 5.95 Å². The zero-order valence-electron chi connectivity index (χ0n) is 19.5. The number of methoxy groups -OCH3 is 1. The summed E-state index contributed by atoms with van der Waals surface area (Å²) in [6, 6.07) is 13.0. The number of nitrogens with one attached hydrogen (secondary N) is 2. The summed E-state index contributed by atoms with van der Waals surface area (Å²) >= 11 is 1.40. The molecule has 0 spiro atoms. The van der Waals surface area contributed by atoms with E-state index in [0.717, 1.165) is 27.4 Å². The molecule has 2 N–H and O–H groups in total. The Morgan fingerprint density at radius 2 is 1.86 bits per heavy atom. The van der Waals surface area contributed by atoms with Gasteiger partial charge in [-0.3, -0.25) is 14.8 Å². The topological polar surface area (TPSA) is 115 Å². The molecule has 0 atom stereocenters. The van der Waals surface area contributed by atoms with Crippen molar-refractivity contribution in [1.29, 1.82) is 0 Å². The molecule has 9 nitrogen and oxygen atoms in total. The first-order valence-corrected chi connectivity index (χ1v) is 11.8. The Bertz CT molecular complexity index is 1520. The third-order valence-electron chi connectivity index (χ3n) is 5.29. The van der Waals surface area contributed by atoms with Gasteiger partial charge in [0.25, 0.3) is 5.91 Å². The first-order valence-electron chi connectivity index (χ1n) is 11.0. The molecule has 0 saturated carbocycles. The van der Waals surface area contributed by atoms with Crippen molar-refractivity contribution < 1.29 is 9.53 Å². The van der Waals surface area contributed by atoms with Gasteiger partial charge in [0.15, 0.2) is 0 Å². The highest BCUT2D eigenvalue weighted by Crippen LogP contribution is 2.27. The summed E-state index contributed by atoms with van der Waals surface area (Å²) in [6.45, 7) is 1.96. The number of aromatic nitrogens is 5. The molecular formula is C26H21N7O2S. The molecule has 0 radical (unpaired) electrons. The van der Waals surface area contributed by atoms with E-state index < -0.39 is 0 Å². The Labute approximate surface area is 211 Å². The van der Waals surface area contributed by atoms with E-state index in [2.05, 4.69) is 35.6 Å². The minimum Gasteiger partial charge on any atom is -0.495 e. The van der Waals surface area contributed by atoms with Gasteiger partial charge in [0.05, 0.1) is 19.0 Å². The van der Waals surface area contributed by atoms with Crippen LogP contribution in [0.4, 0.5) is 17.3 Å². The first kappa shape index (κ1) is 23.1. The smallest absolute Gasteiger partial charge is 0.275 e. The molecule has 0 unspecified atom stereocenters. The van der Waals surface area contributed by atoms with Gasteiger partial charge in [-0.2, -0.15) is 0 Å². The number of anilines is 3. The summed E-state index contributed by atoms with van der Waals surface area (Å²) < 4.78 is 5.26. The van der Waals surface area contributed by atoms with Crippen LogP contribution < -0.4 is 15.4 Å². The van der Waals surface area contributed by atoms with E-state index in [9.17, 15) is 4.79 Å². The van der Waals surface area contributed by atoms with Crippen LogP contribution in [0.25, 0.3) is 21.8 Å². The number of aryl methyl sites for hydroxylation is 1. The summed E-state index contributed by atoms with van der Waals surface area (Å²) in [5.74, 6) is 0.773. The van der Waals surface area contributed by atoms with Crippen LogP contribution in [0.15, 0.2) is 78.8 Å². The minimum atomic E-state index is -0.292. The van der Waals surface area contributed by atoms with Crippen molar-refractivity contribution in [2.75, 3.05) is 17.7 Å². The van der Waals surface area contributed by atoms with Crippen LogP contribution in [0.2, 0.25) is 0 Å². The number of benzene rings is 1. The third kappa shape index (κ3) is 5.18. The lowest BCUT2D eigenvalue weighted by atomic mass is 10.1. The Hall–Kier alpha value is -4.70. The number of carbonyl (C=O) groups excluding carboxylic acids is 1. The standard InChI is InChI=1S/C26H21N7O2S/c1-16-5-6-19(30-24(34)23-15-36-25(31-23)17-4-3-8-27-12-17)11-22(16)33-26-29-9-7-21(32-26)18-10-20(35-2)14-28-13-18/h3-15H,1-2H3,(H,30,34)(H,29,32,33).